The first-order chi connectivity index (χ1) is 12.3. The van der Waals surface area contributed by atoms with Gasteiger partial charge in [0.05, 0.1) is 18.2 Å². The fourth-order valence-corrected chi connectivity index (χ4v) is 3.01. The highest BCUT2D eigenvalue weighted by atomic mass is 16.5. The second-order valence-electron chi connectivity index (χ2n) is 6.16. The molecule has 0 aliphatic carbocycles. The van der Waals surface area contributed by atoms with Crippen LogP contribution in [0.3, 0.4) is 0 Å². The van der Waals surface area contributed by atoms with E-state index < -0.39 is 0 Å². The number of piperidine rings is 1. The number of nitrogens with zero attached hydrogens (tertiary/aromatic N) is 4. The lowest BCUT2D eigenvalue weighted by atomic mass is 10.1. The minimum Gasteiger partial charge on any atom is -0.494 e. The van der Waals surface area contributed by atoms with Gasteiger partial charge in [0.1, 0.15) is 5.75 Å². The zero-order valence-corrected chi connectivity index (χ0v) is 14.3. The van der Waals surface area contributed by atoms with Crippen LogP contribution >= 0.6 is 0 Å². The van der Waals surface area contributed by atoms with Crippen molar-refractivity contribution >= 4 is 5.82 Å². The Kier molecular flexibility index (Phi) is 6.18. The monoisotopic (exact) mass is 337 g/mol. The summed E-state index contributed by atoms with van der Waals surface area (Å²) in [5.41, 5.74) is 0.652. The van der Waals surface area contributed by atoms with Crippen molar-refractivity contribution < 1.29 is 4.74 Å². The highest BCUT2D eigenvalue weighted by Crippen LogP contribution is 2.16. The molecule has 2 aromatic rings. The third-order valence-corrected chi connectivity index (χ3v) is 4.31. The molecule has 3 rings (SSSR count). The molecule has 1 aliphatic heterocycles. The third kappa shape index (κ3) is 5.16. The Labute approximate surface area is 148 Å². The van der Waals surface area contributed by atoms with E-state index in [1.54, 1.807) is 18.3 Å². The van der Waals surface area contributed by atoms with E-state index in [4.69, 9.17) is 10.00 Å². The van der Waals surface area contributed by atoms with Gasteiger partial charge in [0, 0.05) is 25.3 Å². The second kappa shape index (κ2) is 9.00. The Bertz CT molecular complexity index is 683. The van der Waals surface area contributed by atoms with Gasteiger partial charge in [-0.2, -0.15) is 10.4 Å². The van der Waals surface area contributed by atoms with Gasteiger partial charge in [-0.15, -0.1) is 5.10 Å². The molecule has 6 heteroatoms. The molecule has 0 spiro atoms. The maximum absolute atomic E-state index is 8.78. The van der Waals surface area contributed by atoms with E-state index in [0.29, 0.717) is 18.2 Å². The number of nitrogens with one attached hydrogen (secondary N) is 1. The summed E-state index contributed by atoms with van der Waals surface area (Å²) in [6.45, 7) is 3.60. The number of aromatic nitrogens is 2. The van der Waals surface area contributed by atoms with Crippen LogP contribution in [0, 0.1) is 11.3 Å². The molecule has 1 aromatic heterocycles. The molecule has 0 unspecified atom stereocenters. The van der Waals surface area contributed by atoms with Crippen molar-refractivity contribution in [1.82, 2.24) is 15.5 Å². The molecule has 1 aliphatic rings. The summed E-state index contributed by atoms with van der Waals surface area (Å²) in [5.74, 6) is 1.77. The van der Waals surface area contributed by atoms with Crippen molar-refractivity contribution in [2.45, 2.75) is 25.3 Å². The lowest BCUT2D eigenvalue weighted by Crippen LogP contribution is -2.46. The quantitative estimate of drug-likeness (QED) is 0.782. The van der Waals surface area contributed by atoms with Crippen LogP contribution in [0.25, 0.3) is 0 Å². The predicted molar refractivity (Wildman–Crippen MR) is 96.5 cm³/mol. The van der Waals surface area contributed by atoms with Gasteiger partial charge in [-0.25, -0.2) is 0 Å². The Balaban J connectivity index is 1.35. The minimum atomic E-state index is 0.477. The van der Waals surface area contributed by atoms with Crippen LogP contribution in [0.15, 0.2) is 42.6 Å². The number of hydrogen-bond acceptors (Lipinski definition) is 6. The molecule has 1 fully saturated rings. The Morgan fingerprint density at radius 1 is 1.28 bits per heavy atom. The van der Waals surface area contributed by atoms with Gasteiger partial charge in [0.25, 0.3) is 0 Å². The van der Waals surface area contributed by atoms with Crippen molar-refractivity contribution in [3.63, 3.8) is 0 Å². The van der Waals surface area contributed by atoms with E-state index in [0.717, 1.165) is 44.0 Å². The average molecular weight is 337 g/mol. The molecule has 2 heterocycles. The summed E-state index contributed by atoms with van der Waals surface area (Å²) >= 11 is 0. The Morgan fingerprint density at radius 2 is 2.16 bits per heavy atom. The smallest absolute Gasteiger partial charge is 0.151 e. The second-order valence-corrected chi connectivity index (χ2v) is 6.16. The topological polar surface area (TPSA) is 74.1 Å². The first kappa shape index (κ1) is 17.2. The van der Waals surface area contributed by atoms with E-state index in [1.807, 2.05) is 24.3 Å². The number of rotatable bonds is 7. The normalized spacial score (nSPS) is 17.1. The fourth-order valence-electron chi connectivity index (χ4n) is 3.01. The van der Waals surface area contributed by atoms with Crippen LogP contribution in [-0.2, 0) is 0 Å². The third-order valence-electron chi connectivity index (χ3n) is 4.31. The molecule has 25 heavy (non-hydrogen) atoms. The predicted octanol–water partition coefficient (Wildman–Crippen LogP) is 2.38. The summed E-state index contributed by atoms with van der Waals surface area (Å²) in [6, 6.07) is 13.8. The molecular formula is C19H23N5O. The maximum Gasteiger partial charge on any atom is 0.151 e. The molecule has 1 atom stereocenters. The number of nitriles is 1. The highest BCUT2D eigenvalue weighted by molar-refractivity contribution is 5.37. The summed E-state index contributed by atoms with van der Waals surface area (Å²) in [6.07, 6.45) is 5.00. The summed E-state index contributed by atoms with van der Waals surface area (Å²) in [7, 11) is 0. The van der Waals surface area contributed by atoms with Crippen LogP contribution < -0.4 is 15.0 Å². The van der Waals surface area contributed by atoms with Gasteiger partial charge in [-0.05, 0) is 62.2 Å². The van der Waals surface area contributed by atoms with E-state index in [1.165, 1.54) is 6.42 Å². The van der Waals surface area contributed by atoms with Gasteiger partial charge in [-0.1, -0.05) is 0 Å². The van der Waals surface area contributed by atoms with Crippen LogP contribution in [0.5, 0.6) is 5.75 Å². The van der Waals surface area contributed by atoms with Crippen LogP contribution in [0.1, 0.15) is 24.8 Å². The first-order valence-corrected chi connectivity index (χ1v) is 8.74. The lowest BCUT2D eigenvalue weighted by Gasteiger charge is -2.33. The Morgan fingerprint density at radius 3 is 2.92 bits per heavy atom. The van der Waals surface area contributed by atoms with Gasteiger partial charge >= 0.3 is 0 Å². The van der Waals surface area contributed by atoms with Gasteiger partial charge in [-0.3, -0.25) is 0 Å². The SMILES string of the molecule is N#Cc1ccc(OCCCN[C@H]2CCCN(c3cccnn3)C2)cc1. The Hall–Kier alpha value is -2.65. The zero-order chi connectivity index (χ0) is 17.3. The zero-order valence-electron chi connectivity index (χ0n) is 14.3. The summed E-state index contributed by atoms with van der Waals surface area (Å²) in [4.78, 5) is 2.29. The van der Waals surface area contributed by atoms with Crippen molar-refractivity contribution in [2.75, 3.05) is 31.1 Å². The highest BCUT2D eigenvalue weighted by Gasteiger charge is 2.20. The van der Waals surface area contributed by atoms with Gasteiger partial charge < -0.3 is 15.0 Å². The molecule has 0 radical (unpaired) electrons. The molecule has 130 valence electrons. The van der Waals surface area contributed by atoms with Crippen molar-refractivity contribution in [2.24, 2.45) is 0 Å². The van der Waals surface area contributed by atoms with E-state index in [2.05, 4.69) is 26.5 Å². The van der Waals surface area contributed by atoms with E-state index >= 15 is 0 Å². The van der Waals surface area contributed by atoms with E-state index in [9.17, 15) is 0 Å². The fraction of sp³-hybridized carbons (Fsp3) is 0.421. The number of hydrogen-bond donors (Lipinski definition) is 1. The maximum atomic E-state index is 8.78. The average Bonchev–Trinajstić information content (AvgIpc) is 2.69. The molecule has 0 bridgehead atoms. The largest absolute Gasteiger partial charge is 0.494 e. The van der Waals surface area contributed by atoms with Crippen LogP contribution in [0.4, 0.5) is 5.82 Å². The first-order valence-electron chi connectivity index (χ1n) is 8.74. The molecule has 1 saturated heterocycles. The summed E-state index contributed by atoms with van der Waals surface area (Å²) in [5, 5.41) is 20.6. The van der Waals surface area contributed by atoms with Crippen LogP contribution in [0.2, 0.25) is 0 Å². The van der Waals surface area contributed by atoms with Crippen molar-refractivity contribution in [3.05, 3.63) is 48.2 Å². The van der Waals surface area contributed by atoms with Gasteiger partial charge in [0.15, 0.2) is 5.82 Å². The molecule has 6 nitrogen and oxygen atoms in total. The minimum absolute atomic E-state index is 0.477. The molecule has 1 aromatic carbocycles. The summed E-state index contributed by atoms with van der Waals surface area (Å²) < 4.78 is 5.71. The number of benzene rings is 1. The van der Waals surface area contributed by atoms with Crippen LogP contribution in [-0.4, -0.2) is 42.5 Å². The molecular weight excluding hydrogens is 314 g/mol. The number of ether oxygens (including phenoxy) is 1. The number of anilines is 1. The standard InChI is InChI=1S/C19H23N5O/c20-14-16-6-8-18(9-7-16)25-13-3-10-21-17-4-2-12-24(15-17)19-5-1-11-22-23-19/h1,5-9,11,17,21H,2-4,10,12-13,15H2/t17-/m0/s1. The van der Waals surface area contributed by atoms with Crippen molar-refractivity contribution in [1.29, 1.82) is 5.26 Å². The van der Waals surface area contributed by atoms with Crippen molar-refractivity contribution in [3.8, 4) is 11.8 Å². The lowest BCUT2D eigenvalue weighted by molar-refractivity contribution is 0.301. The van der Waals surface area contributed by atoms with E-state index in [-0.39, 0.29) is 0 Å². The van der Waals surface area contributed by atoms with Gasteiger partial charge in [0.2, 0.25) is 0 Å². The molecule has 0 amide bonds. The molecule has 1 N–H and O–H groups in total. The molecule has 0 saturated carbocycles.